The minimum atomic E-state index is 0. The molecule has 1 N–H and O–H groups in total. The molecular formula is C19H25ClIN5O. The number of carbonyl (C=O) groups excluding carboxylic acids is 1. The summed E-state index contributed by atoms with van der Waals surface area (Å²) in [6, 6.07) is 11.7. The van der Waals surface area contributed by atoms with Gasteiger partial charge in [0.05, 0.1) is 13.1 Å². The van der Waals surface area contributed by atoms with E-state index >= 15 is 0 Å². The van der Waals surface area contributed by atoms with Gasteiger partial charge in [0.2, 0.25) is 5.91 Å². The molecule has 0 atom stereocenters. The number of aliphatic imine (C=N–C) groups is 1. The highest BCUT2D eigenvalue weighted by atomic mass is 127. The summed E-state index contributed by atoms with van der Waals surface area (Å²) < 4.78 is 2.06. The summed E-state index contributed by atoms with van der Waals surface area (Å²) in [5, 5.41) is 4.05. The first kappa shape index (κ1) is 21.6. The Hall–Kier alpha value is -1.74. The van der Waals surface area contributed by atoms with E-state index < -0.39 is 0 Å². The van der Waals surface area contributed by atoms with Crippen LogP contribution in [-0.4, -0.2) is 52.9 Å². The summed E-state index contributed by atoms with van der Waals surface area (Å²) in [4.78, 5) is 20.8. The van der Waals surface area contributed by atoms with Crippen molar-refractivity contribution in [3.63, 3.8) is 0 Å². The van der Waals surface area contributed by atoms with E-state index in [2.05, 4.69) is 20.9 Å². The van der Waals surface area contributed by atoms with Gasteiger partial charge in [-0.3, -0.25) is 9.79 Å². The van der Waals surface area contributed by atoms with Gasteiger partial charge in [0, 0.05) is 50.6 Å². The van der Waals surface area contributed by atoms with E-state index in [1.165, 1.54) is 5.69 Å². The molecule has 2 aromatic rings. The van der Waals surface area contributed by atoms with Gasteiger partial charge in [0.25, 0.3) is 0 Å². The van der Waals surface area contributed by atoms with Gasteiger partial charge < -0.3 is 19.7 Å². The van der Waals surface area contributed by atoms with Crippen LogP contribution < -0.4 is 5.32 Å². The zero-order valence-electron chi connectivity index (χ0n) is 15.6. The van der Waals surface area contributed by atoms with Gasteiger partial charge in [-0.2, -0.15) is 0 Å². The highest BCUT2D eigenvalue weighted by Crippen LogP contribution is 2.13. The monoisotopic (exact) mass is 501 g/mol. The third-order valence-corrected chi connectivity index (χ3v) is 4.85. The second-order valence-electron chi connectivity index (χ2n) is 6.37. The van der Waals surface area contributed by atoms with Crippen molar-refractivity contribution in [2.45, 2.75) is 13.1 Å². The number of nitrogens with one attached hydrogen (secondary N) is 1. The van der Waals surface area contributed by atoms with Gasteiger partial charge in [-0.25, -0.2) is 0 Å². The summed E-state index contributed by atoms with van der Waals surface area (Å²) in [5.74, 6) is 0.860. The quantitative estimate of drug-likeness (QED) is 0.398. The first-order valence-electron chi connectivity index (χ1n) is 8.65. The van der Waals surface area contributed by atoms with E-state index in [4.69, 9.17) is 11.6 Å². The summed E-state index contributed by atoms with van der Waals surface area (Å²) in [5.41, 5.74) is 2.25. The average Bonchev–Trinajstić information content (AvgIpc) is 3.04. The predicted octanol–water partition coefficient (Wildman–Crippen LogP) is 2.72. The molecule has 1 saturated heterocycles. The number of piperazine rings is 1. The van der Waals surface area contributed by atoms with E-state index in [-0.39, 0.29) is 29.9 Å². The maximum atomic E-state index is 12.6. The molecule has 1 fully saturated rings. The molecule has 27 heavy (non-hydrogen) atoms. The number of carbonyl (C=O) groups is 1. The number of halogens is 2. The highest BCUT2D eigenvalue weighted by Gasteiger charge is 2.25. The number of aryl methyl sites for hydroxylation is 1. The fraction of sp³-hybridized carbons (Fsp3) is 0.368. The first-order chi connectivity index (χ1) is 12.6. The minimum absolute atomic E-state index is 0. The number of amides is 1. The molecule has 0 aliphatic carbocycles. The first-order valence-corrected chi connectivity index (χ1v) is 9.02. The van der Waals surface area contributed by atoms with Crippen LogP contribution in [0.15, 0.2) is 47.6 Å². The fourth-order valence-electron chi connectivity index (χ4n) is 3.05. The van der Waals surface area contributed by atoms with Crippen molar-refractivity contribution in [3.05, 3.63) is 58.9 Å². The van der Waals surface area contributed by atoms with Crippen LogP contribution in [0.3, 0.4) is 0 Å². The molecule has 1 aromatic heterocycles. The van der Waals surface area contributed by atoms with E-state index in [0.29, 0.717) is 31.2 Å². The van der Waals surface area contributed by atoms with Crippen LogP contribution in [0.2, 0.25) is 5.02 Å². The van der Waals surface area contributed by atoms with Gasteiger partial charge in [-0.1, -0.05) is 23.7 Å². The molecule has 1 aliphatic rings. The Morgan fingerprint density at radius 3 is 2.56 bits per heavy atom. The van der Waals surface area contributed by atoms with Gasteiger partial charge >= 0.3 is 0 Å². The molecule has 0 spiro atoms. The topological polar surface area (TPSA) is 52.9 Å². The van der Waals surface area contributed by atoms with Crippen molar-refractivity contribution in [2.24, 2.45) is 12.0 Å². The minimum Gasteiger partial charge on any atom is -0.353 e. The Kier molecular flexibility index (Phi) is 7.97. The van der Waals surface area contributed by atoms with E-state index in [9.17, 15) is 4.79 Å². The van der Waals surface area contributed by atoms with Crippen molar-refractivity contribution in [1.82, 2.24) is 19.7 Å². The Morgan fingerprint density at radius 2 is 1.96 bits per heavy atom. The number of aromatic nitrogens is 1. The lowest BCUT2D eigenvalue weighted by molar-refractivity contribution is -0.135. The van der Waals surface area contributed by atoms with Crippen molar-refractivity contribution in [2.75, 3.05) is 26.7 Å². The second kappa shape index (κ2) is 9.98. The van der Waals surface area contributed by atoms with Crippen molar-refractivity contribution in [1.29, 1.82) is 0 Å². The fourth-order valence-corrected chi connectivity index (χ4v) is 3.17. The van der Waals surface area contributed by atoms with Crippen LogP contribution in [0.25, 0.3) is 0 Å². The second-order valence-corrected chi connectivity index (χ2v) is 6.81. The number of guanidine groups is 1. The zero-order chi connectivity index (χ0) is 18.5. The van der Waals surface area contributed by atoms with Crippen LogP contribution >= 0.6 is 35.6 Å². The molecule has 0 bridgehead atoms. The molecule has 2 heterocycles. The molecule has 146 valence electrons. The van der Waals surface area contributed by atoms with Crippen LogP contribution in [0.5, 0.6) is 0 Å². The molecule has 6 nitrogen and oxygen atoms in total. The van der Waals surface area contributed by atoms with Crippen molar-refractivity contribution >= 4 is 47.4 Å². The van der Waals surface area contributed by atoms with Gasteiger partial charge in [0.15, 0.2) is 5.96 Å². The molecule has 0 saturated carbocycles. The number of nitrogens with zero attached hydrogens (tertiary/aromatic N) is 4. The molecule has 3 rings (SSSR count). The van der Waals surface area contributed by atoms with Crippen molar-refractivity contribution < 1.29 is 4.79 Å². The van der Waals surface area contributed by atoms with Gasteiger partial charge in [-0.05, 0) is 29.8 Å². The highest BCUT2D eigenvalue weighted by molar-refractivity contribution is 14.0. The smallest absolute Gasteiger partial charge is 0.242 e. The lowest BCUT2D eigenvalue weighted by Gasteiger charge is -2.36. The number of rotatable bonds is 4. The molecule has 0 radical (unpaired) electrons. The van der Waals surface area contributed by atoms with E-state index in [1.807, 2.05) is 53.4 Å². The normalized spacial score (nSPS) is 14.9. The maximum absolute atomic E-state index is 12.6. The lowest BCUT2D eigenvalue weighted by atomic mass is 10.2. The number of hydrogen-bond acceptors (Lipinski definition) is 2. The Balaban J connectivity index is 0.00000261. The van der Waals surface area contributed by atoms with Crippen LogP contribution in [-0.2, 0) is 24.9 Å². The summed E-state index contributed by atoms with van der Waals surface area (Å²) >= 11 is 5.92. The van der Waals surface area contributed by atoms with E-state index in [0.717, 1.165) is 18.1 Å². The van der Waals surface area contributed by atoms with Crippen LogP contribution in [0, 0.1) is 0 Å². The zero-order valence-corrected chi connectivity index (χ0v) is 18.6. The average molecular weight is 502 g/mol. The van der Waals surface area contributed by atoms with Gasteiger partial charge in [-0.15, -0.1) is 24.0 Å². The molecule has 1 amide bonds. The maximum Gasteiger partial charge on any atom is 0.242 e. The van der Waals surface area contributed by atoms with Gasteiger partial charge in [0.1, 0.15) is 0 Å². The molecule has 1 aliphatic heterocycles. The Morgan fingerprint density at radius 1 is 1.22 bits per heavy atom. The van der Waals surface area contributed by atoms with Crippen LogP contribution in [0.4, 0.5) is 0 Å². The molecular weight excluding hydrogens is 477 g/mol. The van der Waals surface area contributed by atoms with Crippen LogP contribution in [0.1, 0.15) is 11.3 Å². The Labute approximate surface area is 182 Å². The molecule has 1 aromatic carbocycles. The third kappa shape index (κ3) is 5.62. The standard InChI is InChI=1S/C19H24ClN5O.HI/c1-21-19(22-12-17-4-3-9-23(17)2)25-11-10-24(18(26)14-25)13-15-5-7-16(20)8-6-15;/h3-9H,10-14H2,1-2H3,(H,21,22);1H. The largest absolute Gasteiger partial charge is 0.353 e. The SMILES string of the molecule is CN=C(NCc1cccn1C)N1CCN(Cc2ccc(Cl)cc2)C(=O)C1.I. The third-order valence-electron chi connectivity index (χ3n) is 4.60. The number of hydrogen-bond donors (Lipinski definition) is 1. The van der Waals surface area contributed by atoms with Crippen molar-refractivity contribution in [3.8, 4) is 0 Å². The molecule has 8 heteroatoms. The number of benzene rings is 1. The lowest BCUT2D eigenvalue weighted by Crippen LogP contribution is -2.54. The predicted molar refractivity (Wildman–Crippen MR) is 119 cm³/mol. The van der Waals surface area contributed by atoms with E-state index in [1.54, 1.807) is 7.05 Å². The summed E-state index contributed by atoms with van der Waals surface area (Å²) in [6.07, 6.45) is 2.01. The molecule has 0 unspecified atom stereocenters. The summed E-state index contributed by atoms with van der Waals surface area (Å²) in [6.45, 7) is 3.05. The Bertz CT molecular complexity index is 790. The summed E-state index contributed by atoms with van der Waals surface area (Å²) in [7, 11) is 3.76.